The lowest BCUT2D eigenvalue weighted by atomic mass is 9.90. The number of nitrogens with zero attached hydrogens (tertiary/aromatic N) is 2. The van der Waals surface area contributed by atoms with E-state index >= 15 is 0 Å². The second-order valence-electron chi connectivity index (χ2n) is 19.6. The van der Waals surface area contributed by atoms with Gasteiger partial charge in [0.15, 0.2) is 0 Å². The molecule has 5 heterocycles. The Morgan fingerprint density at radius 1 is 0.235 bits per heavy atom. The van der Waals surface area contributed by atoms with Crippen molar-refractivity contribution in [2.45, 2.75) is 0 Å². The van der Waals surface area contributed by atoms with E-state index in [2.05, 4.69) is 290 Å². The van der Waals surface area contributed by atoms with Gasteiger partial charge in [0.05, 0.1) is 11.7 Å². The van der Waals surface area contributed by atoms with Crippen LogP contribution in [-0.4, -0.2) is 8.75 Å². The van der Waals surface area contributed by atoms with Gasteiger partial charge in [-0.25, -0.2) is 0 Å². The lowest BCUT2D eigenvalue weighted by Crippen LogP contribution is -1.89. The highest BCUT2D eigenvalue weighted by molar-refractivity contribution is 7.18. The Kier molecular flexibility index (Phi) is 14.1. The van der Waals surface area contributed by atoms with Crippen LogP contribution in [0.15, 0.2) is 266 Å². The van der Waals surface area contributed by atoms with Crippen molar-refractivity contribution in [3.8, 4) is 110 Å². The third-order valence-corrected chi connectivity index (χ3v) is 19.5. The maximum absolute atomic E-state index is 5.24. The lowest BCUT2D eigenvalue weighted by Gasteiger charge is -2.12. The Labute approximate surface area is 492 Å². The normalized spacial score (nSPS) is 11.6. The molecule has 384 valence electrons. The highest BCUT2D eigenvalue weighted by Crippen LogP contribution is 2.54. The molecule has 0 bridgehead atoms. The third-order valence-electron chi connectivity index (χ3n) is 14.7. The van der Waals surface area contributed by atoms with Gasteiger partial charge in [0, 0.05) is 84.9 Å². The molecule has 14 rings (SSSR count). The quantitative estimate of drug-likeness (QED) is 0.108. The van der Waals surface area contributed by atoms with Crippen LogP contribution in [0, 0.1) is 0 Å². The van der Waals surface area contributed by atoms with E-state index in [1.807, 2.05) is 22.7 Å². The standard InChI is InChI=1S/C74H48N2S5/c1-9-25-49(26-10-1)59-47-77-61(65(59)51-29-13-3-14-30-51)43-45-63-67(53-33-17-5-18-34-53)69(55-37-21-7-22-38-55)73(79-63)57-41-42-58(72-71(57)75-81-76-72)74-70(56-39-23-8-24-40-56)68(54-35-19-6-20-36-54)64(80-74)46-44-62-66(52-31-15-4-16-32-52)60(48-78-62)50-27-11-2-12-28-50/h1-48H/b45-43+,46-44+. The largest absolute Gasteiger partial charge is 0.172 e. The summed E-state index contributed by atoms with van der Waals surface area (Å²) in [4.78, 5) is 7.09. The van der Waals surface area contributed by atoms with Crippen molar-refractivity contribution in [3.05, 3.63) is 285 Å². The number of thiophene rings is 4. The molecule has 0 N–H and O–H groups in total. The van der Waals surface area contributed by atoms with Crippen LogP contribution in [0.1, 0.15) is 19.5 Å². The second-order valence-corrected chi connectivity index (χ2v) is 24.0. The summed E-state index contributed by atoms with van der Waals surface area (Å²) in [6.45, 7) is 0. The van der Waals surface area contributed by atoms with Crippen molar-refractivity contribution < 1.29 is 0 Å². The lowest BCUT2D eigenvalue weighted by molar-refractivity contribution is 1.60. The molecule has 0 radical (unpaired) electrons. The molecule has 7 heteroatoms. The summed E-state index contributed by atoms with van der Waals surface area (Å²) in [7, 11) is 0. The van der Waals surface area contributed by atoms with Gasteiger partial charge in [-0.05, 0) is 79.6 Å². The van der Waals surface area contributed by atoms with Gasteiger partial charge < -0.3 is 0 Å². The van der Waals surface area contributed by atoms with Crippen molar-refractivity contribution in [2.75, 3.05) is 0 Å². The first kappa shape index (κ1) is 50.3. The number of hydrogen-bond donors (Lipinski definition) is 0. The highest BCUT2D eigenvalue weighted by atomic mass is 32.1. The molecule has 0 aliphatic rings. The Balaban J connectivity index is 0.957. The topological polar surface area (TPSA) is 25.8 Å². The third kappa shape index (κ3) is 9.80. The molecule has 5 aromatic heterocycles. The van der Waals surface area contributed by atoms with Crippen molar-refractivity contribution in [2.24, 2.45) is 0 Å². The maximum Gasteiger partial charge on any atom is 0.114 e. The molecule has 0 atom stereocenters. The molecule has 14 aromatic rings. The van der Waals surface area contributed by atoms with E-state index in [-0.39, 0.29) is 0 Å². The molecule has 0 spiro atoms. The smallest absolute Gasteiger partial charge is 0.114 e. The van der Waals surface area contributed by atoms with Gasteiger partial charge in [-0.2, -0.15) is 8.75 Å². The van der Waals surface area contributed by atoms with Gasteiger partial charge >= 0.3 is 0 Å². The fourth-order valence-electron chi connectivity index (χ4n) is 11.0. The molecule has 0 aliphatic heterocycles. The predicted molar refractivity (Wildman–Crippen MR) is 354 cm³/mol. The van der Waals surface area contributed by atoms with Gasteiger partial charge in [0.25, 0.3) is 0 Å². The average molecular weight is 1130 g/mol. The van der Waals surface area contributed by atoms with Gasteiger partial charge in [0.1, 0.15) is 11.0 Å². The predicted octanol–water partition coefficient (Wildman–Crippen LogP) is 22.9. The van der Waals surface area contributed by atoms with Crippen molar-refractivity contribution >= 4 is 92.4 Å². The highest BCUT2D eigenvalue weighted by Gasteiger charge is 2.28. The molecular formula is C74H48N2S5. The zero-order chi connectivity index (χ0) is 53.9. The molecule has 0 amide bonds. The van der Waals surface area contributed by atoms with Gasteiger partial charge in [-0.3, -0.25) is 0 Å². The fraction of sp³-hybridized carbons (Fsp3) is 0. The number of hydrogen-bond acceptors (Lipinski definition) is 7. The van der Waals surface area contributed by atoms with E-state index in [0.717, 1.165) is 54.2 Å². The number of rotatable bonds is 14. The van der Waals surface area contributed by atoms with Gasteiger partial charge in [0.2, 0.25) is 0 Å². The first-order valence-electron chi connectivity index (χ1n) is 26.9. The molecule has 0 aliphatic carbocycles. The van der Waals surface area contributed by atoms with E-state index in [1.165, 1.54) is 98.0 Å². The van der Waals surface area contributed by atoms with Crippen LogP contribution in [0.3, 0.4) is 0 Å². The minimum atomic E-state index is 0.897. The number of aromatic nitrogens is 2. The maximum atomic E-state index is 5.24. The summed E-state index contributed by atoms with van der Waals surface area (Å²) >= 11 is 8.53. The summed E-state index contributed by atoms with van der Waals surface area (Å²) in [6.07, 6.45) is 9.36. The van der Waals surface area contributed by atoms with Crippen LogP contribution >= 0.6 is 57.1 Å². The number of fused-ring (bicyclic) bond motifs is 1. The first-order chi connectivity index (χ1) is 40.2. The second kappa shape index (κ2) is 22.7. The van der Waals surface area contributed by atoms with Crippen molar-refractivity contribution in [1.82, 2.24) is 8.75 Å². The van der Waals surface area contributed by atoms with Crippen LogP contribution in [-0.2, 0) is 0 Å². The summed E-state index contributed by atoms with van der Waals surface area (Å²) in [6, 6.07) is 91.3. The zero-order valence-corrected chi connectivity index (χ0v) is 47.7. The number of benzene rings is 9. The summed E-state index contributed by atoms with van der Waals surface area (Å²) in [5.41, 5.74) is 23.1. The Hall–Kier alpha value is -8.92. The molecule has 0 saturated carbocycles. The van der Waals surface area contributed by atoms with E-state index in [4.69, 9.17) is 8.75 Å². The Morgan fingerprint density at radius 3 is 0.802 bits per heavy atom. The Morgan fingerprint density at radius 2 is 0.494 bits per heavy atom. The Bertz CT molecular complexity index is 4230. The van der Waals surface area contributed by atoms with E-state index in [0.29, 0.717) is 0 Å². The minimum Gasteiger partial charge on any atom is -0.172 e. The minimum absolute atomic E-state index is 0.897. The van der Waals surface area contributed by atoms with Crippen molar-refractivity contribution in [3.63, 3.8) is 0 Å². The summed E-state index contributed by atoms with van der Waals surface area (Å²) in [5, 5.41) is 4.62. The molecule has 0 fully saturated rings. The average Bonchev–Trinajstić information content (AvgIpc) is 4.57. The van der Waals surface area contributed by atoms with Crippen LogP contribution in [0.25, 0.3) is 145 Å². The van der Waals surface area contributed by atoms with Crippen LogP contribution < -0.4 is 0 Å². The summed E-state index contributed by atoms with van der Waals surface area (Å²) in [5.74, 6) is 0. The molecule has 9 aromatic carbocycles. The van der Waals surface area contributed by atoms with Gasteiger partial charge in [-0.1, -0.05) is 255 Å². The molecular weight excluding hydrogens is 1080 g/mol. The molecule has 2 nitrogen and oxygen atoms in total. The monoisotopic (exact) mass is 1120 g/mol. The zero-order valence-electron chi connectivity index (χ0n) is 43.6. The van der Waals surface area contributed by atoms with Gasteiger partial charge in [-0.15, -0.1) is 45.3 Å². The van der Waals surface area contributed by atoms with Crippen LogP contribution in [0.2, 0.25) is 0 Å². The molecule has 81 heavy (non-hydrogen) atoms. The first-order valence-corrected chi connectivity index (χ1v) is 31.0. The molecule has 0 saturated heterocycles. The van der Waals surface area contributed by atoms with Crippen LogP contribution in [0.5, 0.6) is 0 Å². The SMILES string of the molecule is C(=C\c1sc(-c2ccc(-c3sc(/C=C/c4scc(-c5ccccc5)c4-c4ccccc4)c(-c4ccccc4)c3-c3ccccc3)c3nsnc23)c(-c2ccccc2)c1-c1ccccc1)/c1scc(-c2ccccc2)c1-c1ccccc1. The summed E-state index contributed by atoms with van der Waals surface area (Å²) < 4.78 is 10.5. The molecule has 0 unspecified atom stereocenters. The van der Waals surface area contributed by atoms with Crippen molar-refractivity contribution in [1.29, 1.82) is 0 Å². The van der Waals surface area contributed by atoms with E-state index in [1.54, 1.807) is 22.7 Å². The fourth-order valence-corrected chi connectivity index (χ4v) is 16.2. The van der Waals surface area contributed by atoms with Crippen LogP contribution in [0.4, 0.5) is 0 Å². The van der Waals surface area contributed by atoms with E-state index < -0.39 is 0 Å². The van der Waals surface area contributed by atoms with E-state index in [9.17, 15) is 0 Å².